The van der Waals surface area contributed by atoms with E-state index in [2.05, 4.69) is 11.3 Å². The van der Waals surface area contributed by atoms with Crippen LogP contribution in [-0.4, -0.2) is 8.42 Å². The van der Waals surface area contributed by atoms with E-state index in [1.54, 1.807) is 0 Å². The van der Waals surface area contributed by atoms with Gasteiger partial charge in [-0.15, -0.1) is 0 Å². The van der Waals surface area contributed by atoms with Crippen LogP contribution in [0.5, 0.6) is 0 Å². The quantitative estimate of drug-likeness (QED) is 0.746. The van der Waals surface area contributed by atoms with E-state index in [0.717, 1.165) is 0 Å². The van der Waals surface area contributed by atoms with E-state index in [9.17, 15) is 8.42 Å². The van der Waals surface area contributed by atoms with Gasteiger partial charge in [-0.1, -0.05) is 23.2 Å². The van der Waals surface area contributed by atoms with Crippen molar-refractivity contribution in [2.24, 2.45) is 0 Å². The summed E-state index contributed by atoms with van der Waals surface area (Å²) < 4.78 is 26.3. The first kappa shape index (κ1) is 10.8. The molecule has 1 rings (SSSR count). The van der Waals surface area contributed by atoms with E-state index < -0.39 is 10.1 Å². The summed E-state index contributed by atoms with van der Waals surface area (Å²) in [4.78, 5) is -0.184. The van der Waals surface area contributed by atoms with Gasteiger partial charge in [0.2, 0.25) is 0 Å². The standard InChI is InChI=1S/C7H5Cl2O3S/c1-12-13(10,11)7-4-5(8)2-3-6(7)9/h2-4H,1H2. The normalized spacial score (nSPS) is 11.6. The van der Waals surface area contributed by atoms with Gasteiger partial charge in [-0.3, -0.25) is 4.18 Å². The Morgan fingerprint density at radius 3 is 2.46 bits per heavy atom. The molecule has 0 bridgehead atoms. The van der Waals surface area contributed by atoms with Gasteiger partial charge < -0.3 is 0 Å². The molecule has 0 aliphatic carbocycles. The molecule has 0 heterocycles. The molecule has 1 aromatic rings. The summed E-state index contributed by atoms with van der Waals surface area (Å²) in [5, 5.41) is 0.313. The van der Waals surface area contributed by atoms with Crippen molar-refractivity contribution in [1.82, 2.24) is 0 Å². The molecule has 0 aromatic heterocycles. The van der Waals surface area contributed by atoms with Crippen LogP contribution in [-0.2, 0) is 14.3 Å². The second-order valence-electron chi connectivity index (χ2n) is 2.15. The van der Waals surface area contributed by atoms with Crippen LogP contribution in [0.2, 0.25) is 10.0 Å². The van der Waals surface area contributed by atoms with Gasteiger partial charge in [0, 0.05) is 5.02 Å². The van der Waals surface area contributed by atoms with Crippen LogP contribution in [0, 0.1) is 7.11 Å². The lowest BCUT2D eigenvalue weighted by Gasteiger charge is -2.03. The topological polar surface area (TPSA) is 43.4 Å². The Balaban J connectivity index is 3.38. The number of hydrogen-bond donors (Lipinski definition) is 0. The maximum atomic E-state index is 11.1. The van der Waals surface area contributed by atoms with Crippen LogP contribution in [0.15, 0.2) is 23.1 Å². The summed E-state index contributed by atoms with van der Waals surface area (Å²) in [6.07, 6.45) is 0. The molecule has 0 N–H and O–H groups in total. The molecule has 0 atom stereocenters. The lowest BCUT2D eigenvalue weighted by Crippen LogP contribution is -2.02. The largest absolute Gasteiger partial charge is 0.298 e. The summed E-state index contributed by atoms with van der Waals surface area (Å²) in [6.45, 7) is 0. The zero-order valence-electron chi connectivity index (χ0n) is 6.33. The summed E-state index contributed by atoms with van der Waals surface area (Å²) in [6, 6.07) is 4.05. The Morgan fingerprint density at radius 2 is 1.92 bits per heavy atom. The molecule has 0 aliphatic heterocycles. The highest BCUT2D eigenvalue weighted by atomic mass is 35.5. The van der Waals surface area contributed by atoms with Crippen LogP contribution < -0.4 is 0 Å². The molecule has 3 nitrogen and oxygen atoms in total. The van der Waals surface area contributed by atoms with Crippen LogP contribution >= 0.6 is 23.2 Å². The van der Waals surface area contributed by atoms with E-state index in [0.29, 0.717) is 0 Å². The van der Waals surface area contributed by atoms with E-state index in [1.807, 2.05) is 0 Å². The lowest BCUT2D eigenvalue weighted by molar-refractivity contribution is 0.438. The van der Waals surface area contributed by atoms with Crippen molar-refractivity contribution in [3.63, 3.8) is 0 Å². The van der Waals surface area contributed by atoms with Crippen molar-refractivity contribution in [3.8, 4) is 0 Å². The monoisotopic (exact) mass is 239 g/mol. The third kappa shape index (κ3) is 2.34. The molecule has 1 radical (unpaired) electrons. The van der Waals surface area contributed by atoms with Crippen molar-refractivity contribution >= 4 is 33.3 Å². The fourth-order valence-electron chi connectivity index (χ4n) is 0.732. The Hall–Kier alpha value is -0.290. The maximum Gasteiger partial charge on any atom is 0.298 e. The van der Waals surface area contributed by atoms with Crippen LogP contribution in [0.3, 0.4) is 0 Å². The maximum absolute atomic E-state index is 11.1. The van der Waals surface area contributed by atoms with Gasteiger partial charge in [0.15, 0.2) is 0 Å². The Kier molecular flexibility index (Phi) is 3.18. The van der Waals surface area contributed by atoms with Gasteiger partial charge in [-0.05, 0) is 18.2 Å². The fraction of sp³-hybridized carbons (Fsp3) is 0. The van der Waals surface area contributed by atoms with Crippen LogP contribution in [0.25, 0.3) is 0 Å². The summed E-state index contributed by atoms with van der Waals surface area (Å²) >= 11 is 11.2. The smallest absolute Gasteiger partial charge is 0.264 e. The summed E-state index contributed by atoms with van der Waals surface area (Å²) in [5.41, 5.74) is 0. The molecule has 0 aliphatic rings. The third-order valence-corrected chi connectivity index (χ3v) is 3.18. The number of halogens is 2. The third-order valence-electron chi connectivity index (χ3n) is 1.32. The van der Waals surface area contributed by atoms with Crippen LogP contribution in [0.4, 0.5) is 0 Å². The molecule has 0 fully saturated rings. The minimum absolute atomic E-state index is 0.0491. The van der Waals surface area contributed by atoms with Gasteiger partial charge in [0.05, 0.1) is 12.1 Å². The molecule has 13 heavy (non-hydrogen) atoms. The molecule has 0 spiro atoms. The first-order valence-corrected chi connectivity index (χ1v) is 5.27. The molecule has 0 amide bonds. The lowest BCUT2D eigenvalue weighted by atomic mass is 10.4. The average molecular weight is 240 g/mol. The molecular formula is C7H5Cl2O3S. The van der Waals surface area contributed by atoms with Gasteiger partial charge in [-0.2, -0.15) is 8.42 Å². The predicted molar refractivity (Wildman–Crippen MR) is 50.1 cm³/mol. The van der Waals surface area contributed by atoms with E-state index in [4.69, 9.17) is 23.2 Å². The highest BCUT2D eigenvalue weighted by Gasteiger charge is 2.17. The van der Waals surface area contributed by atoms with Crippen molar-refractivity contribution in [3.05, 3.63) is 35.4 Å². The highest BCUT2D eigenvalue weighted by molar-refractivity contribution is 7.87. The minimum Gasteiger partial charge on any atom is -0.264 e. The first-order chi connectivity index (χ1) is 5.97. The first-order valence-electron chi connectivity index (χ1n) is 3.11. The van der Waals surface area contributed by atoms with E-state index in [1.165, 1.54) is 18.2 Å². The highest BCUT2D eigenvalue weighted by Crippen LogP contribution is 2.25. The summed E-state index contributed by atoms with van der Waals surface area (Å²) in [7, 11) is -1.06. The van der Waals surface area contributed by atoms with Gasteiger partial charge in [-0.25, -0.2) is 0 Å². The minimum atomic E-state index is -3.88. The fourth-order valence-corrected chi connectivity index (χ4v) is 2.08. The summed E-state index contributed by atoms with van der Waals surface area (Å²) in [5.74, 6) is 0. The van der Waals surface area contributed by atoms with Gasteiger partial charge in [0.1, 0.15) is 4.90 Å². The Bertz CT molecular complexity index is 414. The predicted octanol–water partition coefficient (Wildman–Crippen LogP) is 2.49. The zero-order valence-corrected chi connectivity index (χ0v) is 8.66. The van der Waals surface area contributed by atoms with Crippen molar-refractivity contribution in [2.45, 2.75) is 4.90 Å². The molecule has 0 unspecified atom stereocenters. The van der Waals surface area contributed by atoms with Gasteiger partial charge >= 0.3 is 0 Å². The number of hydrogen-bond acceptors (Lipinski definition) is 3. The zero-order chi connectivity index (χ0) is 10.1. The van der Waals surface area contributed by atoms with Gasteiger partial charge in [0.25, 0.3) is 10.1 Å². The second kappa shape index (κ2) is 3.84. The molecule has 1 aromatic carbocycles. The van der Waals surface area contributed by atoms with E-state index >= 15 is 0 Å². The van der Waals surface area contributed by atoms with Crippen molar-refractivity contribution < 1.29 is 12.6 Å². The SMILES string of the molecule is [CH2]OS(=O)(=O)c1cc(Cl)ccc1Cl. The van der Waals surface area contributed by atoms with Crippen molar-refractivity contribution in [2.75, 3.05) is 0 Å². The molecule has 71 valence electrons. The number of benzene rings is 1. The molecule has 0 saturated heterocycles. The van der Waals surface area contributed by atoms with Crippen LogP contribution in [0.1, 0.15) is 0 Å². The average Bonchev–Trinajstić information content (AvgIpc) is 2.09. The Labute approximate surface area is 86.4 Å². The molecule has 6 heteroatoms. The second-order valence-corrected chi connectivity index (χ2v) is 4.57. The Morgan fingerprint density at radius 1 is 1.31 bits per heavy atom. The van der Waals surface area contributed by atoms with E-state index in [-0.39, 0.29) is 14.9 Å². The number of rotatable bonds is 2. The van der Waals surface area contributed by atoms with Crippen molar-refractivity contribution in [1.29, 1.82) is 0 Å². The molecular weight excluding hydrogens is 235 g/mol. The molecule has 0 saturated carbocycles.